The summed E-state index contributed by atoms with van der Waals surface area (Å²) < 4.78 is 97.5. The van der Waals surface area contributed by atoms with Gasteiger partial charge in [-0.05, 0) is 314 Å². The number of nitrogens with one attached hydrogen (secondary N) is 7. The van der Waals surface area contributed by atoms with E-state index in [0.717, 1.165) is 49.0 Å². The minimum absolute atomic E-state index is 0. The molecule has 129 heavy (non-hydrogen) atoms. The Kier molecular flexibility index (Phi) is 34.7. The number of carbonyl (C=O) groups excluding carboxylic acids is 6. The summed E-state index contributed by atoms with van der Waals surface area (Å²) in [6.07, 6.45) is 15.7. The van der Waals surface area contributed by atoms with Crippen molar-refractivity contribution in [2.45, 2.75) is 339 Å². The number of aryl methyl sites for hydroxylation is 3. The van der Waals surface area contributed by atoms with Gasteiger partial charge in [0, 0.05) is 83.2 Å². The van der Waals surface area contributed by atoms with Crippen molar-refractivity contribution in [1.82, 2.24) is 50.1 Å². The molecule has 9 aliphatic rings. The predicted octanol–water partition coefficient (Wildman–Crippen LogP) is 11.4. The average molecular weight is 1860 g/mol. The van der Waals surface area contributed by atoms with Gasteiger partial charge in [0.15, 0.2) is 0 Å². The van der Waals surface area contributed by atoms with Crippen LogP contribution in [0.25, 0.3) is 0 Å². The van der Waals surface area contributed by atoms with E-state index in [1.54, 1.807) is 77.1 Å². The van der Waals surface area contributed by atoms with Gasteiger partial charge in [0.05, 0.1) is 25.9 Å². The van der Waals surface area contributed by atoms with Crippen LogP contribution in [-0.2, 0) is 72.9 Å². The number of carboxylic acid groups (broad SMARTS) is 1. The molecule has 4 spiro atoms. The highest BCUT2D eigenvalue weighted by atomic mass is 32.2. The summed E-state index contributed by atoms with van der Waals surface area (Å²) in [6, 6.07) is 20.7. The van der Waals surface area contributed by atoms with Crippen LogP contribution in [0.2, 0.25) is 12.6 Å². The fourth-order valence-electron chi connectivity index (χ4n) is 21.8. The van der Waals surface area contributed by atoms with Crippen LogP contribution in [0.4, 0.5) is 0 Å². The molecule has 722 valence electrons. The fourth-order valence-corrected chi connectivity index (χ4v) is 26.4. The third-order valence-corrected chi connectivity index (χ3v) is 33.8. The van der Waals surface area contributed by atoms with Crippen LogP contribution >= 0.6 is 0 Å². The van der Waals surface area contributed by atoms with E-state index in [1.807, 2.05) is 123 Å². The lowest BCUT2D eigenvalue weighted by Crippen LogP contribution is -2.63. The second-order valence-electron chi connectivity index (χ2n) is 42.9. The molecule has 4 aliphatic carbocycles. The van der Waals surface area contributed by atoms with Crippen LogP contribution in [0.15, 0.2) is 113 Å². The zero-order valence-corrected chi connectivity index (χ0v) is 81.3. The van der Waals surface area contributed by atoms with Gasteiger partial charge in [0.1, 0.15) is 22.2 Å². The topological polar surface area (TPSA) is 421 Å². The molecular weight excluding hydrogens is 1700 g/mol. The molecule has 12 atom stereocenters. The standard InChI is InChI=1S/C31H50BN3O6S.2C25H37N3O4S.C12H23BN2O4.2CH4/c1-22-12-14-25(15-13-22)42(38,39)35-18-16-30(21-35)19-24(11-10-17-32-40-28(6,7)29(8,9)41-32)31(20-30,33-23(2)36)26(37)34-27(3,4)5;2*1-7-8-20-15-24(16-25(20,26-19(3)29)22(30)27-23(4,5)6)13-14-28(17-24)33(31,32)21-11-9-18(2)10-12-21;14-12(10(16)17)7-11(3-5-15-8-11)6-9(12)2-1-4-13(18)19;;/h12-15,24H,10-11,16-21H2,1-9H3,(H,33,36)(H,34,37);2*7,9-12,20H,1,8,13-17H2,2-6H3,(H,26,29)(H,27,30);9,15,18-19H,1-8,14H2,(H,16,17);2*1H4. The van der Waals surface area contributed by atoms with Gasteiger partial charge in [0.2, 0.25) is 65.5 Å². The molecule has 29 nitrogen and oxygen atoms in total. The molecule has 5 saturated heterocycles. The molecule has 12 N–H and O–H groups in total. The molecule has 5 aliphatic heterocycles. The van der Waals surface area contributed by atoms with E-state index in [-0.39, 0.29) is 118 Å². The first-order chi connectivity index (χ1) is 58.5. The number of amides is 6. The Bertz CT molecular complexity index is 4660. The smallest absolute Gasteiger partial charge is 0.457 e. The number of nitrogens with zero attached hydrogens (tertiary/aromatic N) is 3. The lowest BCUT2D eigenvalue weighted by atomic mass is 9.77. The number of carbonyl (C=O) groups is 7. The van der Waals surface area contributed by atoms with Crippen molar-refractivity contribution < 1.29 is 83.3 Å². The molecule has 0 radical (unpaired) electrons. The normalized spacial score (nSPS) is 29.5. The molecule has 9 fully saturated rings. The molecular formula is C95H155B2N11O18S3. The molecule has 12 rings (SSSR count). The minimum atomic E-state index is -3.68. The molecule has 6 amide bonds. The Morgan fingerprint density at radius 1 is 0.504 bits per heavy atom. The van der Waals surface area contributed by atoms with Crippen LogP contribution < -0.4 is 43.0 Å². The van der Waals surface area contributed by atoms with E-state index in [4.69, 9.17) is 25.1 Å². The van der Waals surface area contributed by atoms with Crippen LogP contribution in [-0.4, -0.2) is 211 Å². The van der Waals surface area contributed by atoms with E-state index >= 15 is 0 Å². The minimum Gasteiger partial charge on any atom is -0.480 e. The maximum atomic E-state index is 14.1. The summed E-state index contributed by atoms with van der Waals surface area (Å²) in [7, 11) is -12.6. The quantitative estimate of drug-likeness (QED) is 0.0277. The monoisotopic (exact) mass is 1860 g/mol. The Hall–Kier alpha value is -6.95. The number of allylic oxidation sites excluding steroid dienone is 2. The lowest BCUT2D eigenvalue weighted by Gasteiger charge is -2.38. The third-order valence-electron chi connectivity index (χ3n) is 28.2. The summed E-state index contributed by atoms with van der Waals surface area (Å²) in [5, 5.41) is 48.8. The van der Waals surface area contributed by atoms with E-state index in [1.165, 1.54) is 29.4 Å². The van der Waals surface area contributed by atoms with Crippen molar-refractivity contribution in [1.29, 1.82) is 0 Å². The summed E-state index contributed by atoms with van der Waals surface area (Å²) in [4.78, 5) is 90.7. The van der Waals surface area contributed by atoms with Gasteiger partial charge in [-0.1, -0.05) is 92.9 Å². The Morgan fingerprint density at radius 3 is 1.10 bits per heavy atom. The number of aliphatic carboxylic acids is 1. The first-order valence-corrected chi connectivity index (χ1v) is 49.6. The Balaban J connectivity index is 0.000000241. The number of carboxylic acids is 1. The molecule has 0 aromatic heterocycles. The summed E-state index contributed by atoms with van der Waals surface area (Å²) in [6.45, 7) is 47.1. The highest BCUT2D eigenvalue weighted by molar-refractivity contribution is 7.89. The van der Waals surface area contributed by atoms with Crippen molar-refractivity contribution in [2.75, 3.05) is 52.4 Å². The third kappa shape index (κ3) is 25.4. The molecule has 34 heteroatoms. The first kappa shape index (κ1) is 109. The van der Waals surface area contributed by atoms with Crippen LogP contribution in [0.5, 0.6) is 0 Å². The van der Waals surface area contributed by atoms with E-state index in [9.17, 15) is 63.9 Å². The van der Waals surface area contributed by atoms with Gasteiger partial charge in [-0.15, -0.1) is 13.2 Å². The molecule has 0 bridgehead atoms. The maximum absolute atomic E-state index is 14.1. The van der Waals surface area contributed by atoms with Crippen molar-refractivity contribution in [2.24, 2.45) is 51.1 Å². The second kappa shape index (κ2) is 41.1. The maximum Gasteiger partial charge on any atom is 0.457 e. The van der Waals surface area contributed by atoms with E-state index < -0.39 is 98.5 Å². The van der Waals surface area contributed by atoms with Crippen LogP contribution in [0, 0.1) is 66.1 Å². The number of rotatable bonds is 25. The van der Waals surface area contributed by atoms with Crippen molar-refractivity contribution in [3.63, 3.8) is 0 Å². The zero-order chi connectivity index (χ0) is 94.8. The SMILES string of the molecule is C.C.C=CCC1CC2(CCN(S(=O)(=O)c3ccc(C)cc3)C2)CC1(NC(C)=O)C(=O)NC(C)(C)C.C=CCC1CC2(CCN(S(=O)(=O)c3ccc(C)cc3)C2)CC1(NC(C)=O)C(=O)NC(C)(C)C.CC(=O)NC1(C(=O)NC(C)(C)C)CC2(CCN(S(=O)(=O)c3ccc(C)cc3)C2)CC1CCCB1OC(C)(C)C(C)(C)O1.NC1(C(=O)O)CC2(CCNC2)CC1CCCB(O)O. The van der Waals surface area contributed by atoms with Gasteiger partial charge < -0.3 is 67.4 Å². The van der Waals surface area contributed by atoms with Gasteiger partial charge in [0.25, 0.3) is 0 Å². The highest BCUT2D eigenvalue weighted by Gasteiger charge is 2.66. The second-order valence-corrected chi connectivity index (χ2v) is 48.7. The summed E-state index contributed by atoms with van der Waals surface area (Å²) in [5.74, 6) is -2.95. The molecule has 3 aromatic carbocycles. The first-order valence-electron chi connectivity index (χ1n) is 45.3. The Labute approximate surface area is 772 Å². The van der Waals surface area contributed by atoms with Gasteiger partial charge >= 0.3 is 20.2 Å². The van der Waals surface area contributed by atoms with Crippen molar-refractivity contribution in [3.05, 3.63) is 115 Å². The summed E-state index contributed by atoms with van der Waals surface area (Å²) >= 11 is 0. The zero-order valence-electron chi connectivity index (χ0n) is 78.9. The Morgan fingerprint density at radius 2 is 0.814 bits per heavy atom. The highest BCUT2D eigenvalue weighted by Crippen LogP contribution is 2.59. The van der Waals surface area contributed by atoms with Crippen molar-refractivity contribution >= 4 is 85.7 Å². The largest absolute Gasteiger partial charge is 0.480 e. The van der Waals surface area contributed by atoms with Gasteiger partial charge in [-0.25, -0.2) is 25.3 Å². The predicted molar refractivity (Wildman–Crippen MR) is 507 cm³/mol. The molecule has 3 aromatic rings. The fraction of sp³-hybridized carbons (Fsp3) is 0.695. The van der Waals surface area contributed by atoms with Gasteiger partial charge in [-0.2, -0.15) is 12.9 Å². The van der Waals surface area contributed by atoms with E-state index in [0.29, 0.717) is 142 Å². The average Bonchev–Trinajstić information content (AvgIpc) is 1.57. The molecule has 4 saturated carbocycles. The number of benzene rings is 3. The van der Waals surface area contributed by atoms with Crippen LogP contribution in [0.1, 0.15) is 258 Å². The number of hydrogen-bond donors (Lipinski definition) is 11. The molecule has 5 heterocycles. The number of sulfonamides is 3. The summed E-state index contributed by atoms with van der Waals surface area (Å²) in [5.41, 5.74) is 1.22. The molecule has 12 unspecified atom stereocenters. The van der Waals surface area contributed by atoms with E-state index in [2.05, 4.69) is 50.4 Å². The van der Waals surface area contributed by atoms with Gasteiger partial charge in [-0.3, -0.25) is 33.6 Å². The number of nitrogens with two attached hydrogens (primary N) is 1. The van der Waals surface area contributed by atoms with Crippen molar-refractivity contribution in [3.8, 4) is 0 Å². The number of hydrogen-bond acceptors (Lipinski definition) is 19. The lowest BCUT2D eigenvalue weighted by molar-refractivity contribution is -0.145. The van der Waals surface area contributed by atoms with Crippen LogP contribution in [0.3, 0.4) is 0 Å².